The lowest BCUT2D eigenvalue weighted by Gasteiger charge is -2.24. The molecule has 0 bridgehead atoms. The highest BCUT2D eigenvalue weighted by Crippen LogP contribution is 2.31. The molecule has 8 heteroatoms. The van der Waals surface area contributed by atoms with Crippen LogP contribution in [0.25, 0.3) is 11.8 Å². The Morgan fingerprint density at radius 1 is 1.26 bits per heavy atom. The summed E-state index contributed by atoms with van der Waals surface area (Å²) in [7, 11) is 1.62. The van der Waals surface area contributed by atoms with Gasteiger partial charge in [0.15, 0.2) is 0 Å². The van der Waals surface area contributed by atoms with Gasteiger partial charge in [0, 0.05) is 12.7 Å². The topological polar surface area (TPSA) is 71.8 Å². The molecule has 1 amide bonds. The van der Waals surface area contributed by atoms with Crippen molar-refractivity contribution in [3.8, 4) is 11.4 Å². The molecule has 180 valence electrons. The lowest BCUT2D eigenvalue weighted by atomic mass is 10.1. The fourth-order valence-electron chi connectivity index (χ4n) is 4.16. The number of aromatic nitrogens is 2. The minimum absolute atomic E-state index is 0.176. The molecule has 7 nitrogen and oxygen atoms in total. The molecular weight excluding hydrogens is 445 g/mol. The maximum Gasteiger partial charge on any atom is 0.277 e. The van der Waals surface area contributed by atoms with Crippen molar-refractivity contribution in [3.05, 3.63) is 83.3 Å². The number of amides is 1. The number of guanidine groups is 1. The monoisotopic (exact) mass is 473 g/mol. The van der Waals surface area contributed by atoms with Crippen LogP contribution in [0, 0.1) is 18.7 Å². The number of hydrogen-bond acceptors (Lipinski definition) is 4. The second kappa shape index (κ2) is 9.37. The zero-order valence-electron chi connectivity index (χ0n) is 20.0. The van der Waals surface area contributed by atoms with E-state index in [1.807, 2.05) is 42.8 Å². The molecule has 1 saturated carbocycles. The number of methoxy groups -OCH3 is 1. The van der Waals surface area contributed by atoms with Gasteiger partial charge in [-0.1, -0.05) is 18.2 Å². The average Bonchev–Trinajstić information content (AvgIpc) is 3.51. The van der Waals surface area contributed by atoms with Crippen LogP contribution in [0.4, 0.5) is 4.39 Å². The van der Waals surface area contributed by atoms with E-state index in [0.717, 1.165) is 22.5 Å². The van der Waals surface area contributed by atoms with Gasteiger partial charge in [-0.2, -0.15) is 0 Å². The average molecular weight is 474 g/mol. The first-order valence-corrected chi connectivity index (χ1v) is 11.7. The van der Waals surface area contributed by atoms with Crippen LogP contribution in [0.1, 0.15) is 42.6 Å². The normalized spacial score (nSPS) is 18.9. The minimum atomic E-state index is -0.307. The zero-order chi connectivity index (χ0) is 24.5. The van der Waals surface area contributed by atoms with Crippen molar-refractivity contribution >= 4 is 17.9 Å². The molecule has 5 rings (SSSR count). The first-order chi connectivity index (χ1) is 16.9. The van der Waals surface area contributed by atoms with Gasteiger partial charge in [0.05, 0.1) is 30.9 Å². The Hall–Kier alpha value is -3.94. The maximum atomic E-state index is 13.5. The maximum absolute atomic E-state index is 13.5. The van der Waals surface area contributed by atoms with E-state index >= 15 is 0 Å². The van der Waals surface area contributed by atoms with Crippen LogP contribution in [0.3, 0.4) is 0 Å². The Bertz CT molecular complexity index is 1310. The molecule has 1 N–H and O–H groups in total. The Labute approximate surface area is 204 Å². The van der Waals surface area contributed by atoms with E-state index in [0.29, 0.717) is 29.9 Å². The van der Waals surface area contributed by atoms with Gasteiger partial charge in [-0.3, -0.25) is 14.7 Å². The number of nitrogens with one attached hydrogen (secondary N) is 1. The van der Waals surface area contributed by atoms with Gasteiger partial charge in [0.1, 0.15) is 17.3 Å². The highest BCUT2D eigenvalue weighted by Gasteiger charge is 2.36. The van der Waals surface area contributed by atoms with Gasteiger partial charge in [-0.15, -0.1) is 0 Å². The quantitative estimate of drug-likeness (QED) is 0.508. The highest BCUT2D eigenvalue weighted by atomic mass is 19.1. The first kappa shape index (κ1) is 22.8. The molecule has 0 radical (unpaired) electrons. The molecule has 2 aliphatic rings. The Balaban J connectivity index is 1.46. The summed E-state index contributed by atoms with van der Waals surface area (Å²) in [5.41, 5.74) is 3.85. The number of nitrogens with zero attached hydrogens (tertiary/aromatic N) is 4. The lowest BCUT2D eigenvalue weighted by molar-refractivity contribution is -0.123. The number of hydrogen-bond donors (Lipinski definition) is 1. The molecule has 3 aromatic rings. The summed E-state index contributed by atoms with van der Waals surface area (Å²) in [6, 6.07) is 11.7. The van der Waals surface area contributed by atoms with E-state index < -0.39 is 0 Å². The molecular formula is C27H28FN5O2. The summed E-state index contributed by atoms with van der Waals surface area (Å²) < 4.78 is 21.0. The van der Waals surface area contributed by atoms with Gasteiger partial charge in [0.2, 0.25) is 5.96 Å². The van der Waals surface area contributed by atoms with E-state index in [-0.39, 0.29) is 17.8 Å². The molecule has 2 aromatic carbocycles. The summed E-state index contributed by atoms with van der Waals surface area (Å²) >= 11 is 0. The minimum Gasteiger partial charge on any atom is -0.495 e. The van der Waals surface area contributed by atoms with E-state index in [4.69, 9.17) is 9.73 Å². The van der Waals surface area contributed by atoms with Crippen molar-refractivity contribution in [2.75, 3.05) is 13.7 Å². The summed E-state index contributed by atoms with van der Waals surface area (Å²) in [5.74, 6) is 1.30. The van der Waals surface area contributed by atoms with Gasteiger partial charge in [-0.05, 0) is 74.1 Å². The van der Waals surface area contributed by atoms with Gasteiger partial charge in [-0.25, -0.2) is 9.37 Å². The number of aliphatic imine (C=N–C) groups is 1. The highest BCUT2D eigenvalue weighted by molar-refractivity contribution is 6.15. The molecule has 35 heavy (non-hydrogen) atoms. The Morgan fingerprint density at radius 2 is 2.03 bits per heavy atom. The van der Waals surface area contributed by atoms with Gasteiger partial charge < -0.3 is 14.6 Å². The summed E-state index contributed by atoms with van der Waals surface area (Å²) in [4.78, 5) is 24.2. The zero-order valence-corrected chi connectivity index (χ0v) is 20.0. The van der Waals surface area contributed by atoms with E-state index in [9.17, 15) is 9.18 Å². The SMILES string of the molecule is COc1cc(C=C2NC(=NCC3CC3)N([C@@H](C)c3ccc(F)cc3)C2=O)ccc1-n1cnc(C)c1. The van der Waals surface area contributed by atoms with Crippen LogP contribution in [-0.2, 0) is 4.79 Å². The smallest absolute Gasteiger partial charge is 0.277 e. The third-order valence-corrected chi connectivity index (χ3v) is 6.36. The van der Waals surface area contributed by atoms with E-state index in [2.05, 4.69) is 10.3 Å². The second-order valence-corrected chi connectivity index (χ2v) is 9.05. The van der Waals surface area contributed by atoms with Crippen LogP contribution in [0.15, 0.2) is 65.7 Å². The molecule has 2 heterocycles. The van der Waals surface area contributed by atoms with Gasteiger partial charge >= 0.3 is 0 Å². The lowest BCUT2D eigenvalue weighted by Crippen LogP contribution is -2.35. The molecule has 0 unspecified atom stereocenters. The van der Waals surface area contributed by atoms with E-state index in [1.54, 1.807) is 36.5 Å². The number of halogens is 1. The van der Waals surface area contributed by atoms with Crippen molar-refractivity contribution in [1.82, 2.24) is 19.8 Å². The molecule has 1 aliphatic carbocycles. The van der Waals surface area contributed by atoms with Crippen molar-refractivity contribution in [1.29, 1.82) is 0 Å². The van der Waals surface area contributed by atoms with Crippen molar-refractivity contribution in [2.24, 2.45) is 10.9 Å². The van der Waals surface area contributed by atoms with Crippen molar-refractivity contribution < 1.29 is 13.9 Å². The summed E-state index contributed by atoms with van der Waals surface area (Å²) in [5, 5.41) is 3.23. The standard InChI is InChI=1S/C27H28FN5O2/c1-17-15-32(16-30-17)24-11-6-20(13-25(24)35-3)12-23-26(34)33(27(31-23)29-14-19-4-5-19)18(2)21-7-9-22(28)10-8-21/h6-13,15-16,18-19H,4-5,14H2,1-3H3,(H,29,31)/t18-/m0/s1. The summed E-state index contributed by atoms with van der Waals surface area (Å²) in [6.07, 6.45) is 7.81. The molecule has 1 saturated heterocycles. The van der Waals surface area contributed by atoms with Crippen molar-refractivity contribution in [3.63, 3.8) is 0 Å². The van der Waals surface area contributed by atoms with Crippen LogP contribution >= 0.6 is 0 Å². The van der Waals surface area contributed by atoms with Gasteiger partial charge in [0.25, 0.3) is 5.91 Å². The molecule has 1 atom stereocenters. The molecule has 0 spiro atoms. The van der Waals surface area contributed by atoms with Crippen LogP contribution in [0.5, 0.6) is 5.75 Å². The number of ether oxygens (including phenoxy) is 1. The Morgan fingerprint density at radius 3 is 2.69 bits per heavy atom. The number of benzene rings is 2. The first-order valence-electron chi connectivity index (χ1n) is 11.7. The molecule has 2 fully saturated rings. The summed E-state index contributed by atoms with van der Waals surface area (Å²) in [6.45, 7) is 4.54. The predicted octanol–water partition coefficient (Wildman–Crippen LogP) is 4.63. The number of aryl methyl sites for hydroxylation is 1. The van der Waals surface area contributed by atoms with Crippen molar-refractivity contribution in [2.45, 2.75) is 32.7 Å². The second-order valence-electron chi connectivity index (χ2n) is 9.05. The number of carbonyl (C=O) groups is 1. The van der Waals surface area contributed by atoms with Crippen LogP contribution in [0.2, 0.25) is 0 Å². The largest absolute Gasteiger partial charge is 0.495 e. The fourth-order valence-corrected chi connectivity index (χ4v) is 4.16. The third-order valence-electron chi connectivity index (χ3n) is 6.36. The molecule has 1 aliphatic heterocycles. The van der Waals surface area contributed by atoms with E-state index in [1.165, 1.54) is 25.0 Å². The Kier molecular flexibility index (Phi) is 6.11. The van der Waals surface area contributed by atoms with Crippen LogP contribution in [-0.4, -0.2) is 40.0 Å². The number of imidazole rings is 1. The predicted molar refractivity (Wildman–Crippen MR) is 133 cm³/mol. The molecule has 1 aromatic heterocycles. The number of rotatable bonds is 7. The fraction of sp³-hybridized carbons (Fsp3) is 0.296. The number of carbonyl (C=O) groups excluding carboxylic acids is 1. The third kappa shape index (κ3) is 4.82. The van der Waals surface area contributed by atoms with Crippen LogP contribution < -0.4 is 10.1 Å².